The Morgan fingerprint density at radius 3 is 2.10 bits per heavy atom. The summed E-state index contributed by atoms with van der Waals surface area (Å²) in [7, 11) is 0. The van der Waals surface area contributed by atoms with Crippen molar-refractivity contribution < 1.29 is 14.3 Å². The molecule has 6 heteroatoms. The summed E-state index contributed by atoms with van der Waals surface area (Å²) in [6.07, 6.45) is -1.08. The molecular formula is C23H20FN3O2. The van der Waals surface area contributed by atoms with E-state index < -0.39 is 12.1 Å². The van der Waals surface area contributed by atoms with Crippen LogP contribution in [0.1, 0.15) is 28.8 Å². The highest BCUT2D eigenvalue weighted by molar-refractivity contribution is 5.95. The van der Waals surface area contributed by atoms with E-state index in [4.69, 9.17) is 4.99 Å². The minimum atomic E-state index is -1.08. The second-order valence-electron chi connectivity index (χ2n) is 6.80. The average molecular weight is 389 g/mol. The molecule has 146 valence electrons. The summed E-state index contributed by atoms with van der Waals surface area (Å²) in [4.78, 5) is 18.2. The quantitative estimate of drug-likeness (QED) is 0.677. The lowest BCUT2D eigenvalue weighted by atomic mass is 9.94. The maximum atomic E-state index is 13.1. The Morgan fingerprint density at radius 1 is 0.931 bits per heavy atom. The molecule has 0 spiro atoms. The molecule has 0 bridgehead atoms. The Labute approximate surface area is 168 Å². The van der Waals surface area contributed by atoms with E-state index in [1.165, 1.54) is 17.0 Å². The van der Waals surface area contributed by atoms with E-state index in [9.17, 15) is 14.3 Å². The first kappa shape index (κ1) is 18.7. The lowest BCUT2D eigenvalue weighted by molar-refractivity contribution is 0.155. The van der Waals surface area contributed by atoms with E-state index in [1.54, 1.807) is 12.1 Å². The Kier molecular flexibility index (Phi) is 5.24. The van der Waals surface area contributed by atoms with Gasteiger partial charge in [-0.25, -0.2) is 19.1 Å². The zero-order chi connectivity index (χ0) is 20.2. The number of amides is 1. The summed E-state index contributed by atoms with van der Waals surface area (Å²) in [5, 5.41) is 13.1. The number of guanidine groups is 1. The number of nitrogens with one attached hydrogen (secondary N) is 1. The first-order valence-corrected chi connectivity index (χ1v) is 9.31. The summed E-state index contributed by atoms with van der Waals surface area (Å²) in [5.41, 5.74) is 2.64. The number of hydrogen-bond acceptors (Lipinski definition) is 3. The predicted molar refractivity (Wildman–Crippen MR) is 109 cm³/mol. The normalized spacial score (nSPS) is 18.4. The SMILES string of the molecule is O=C(O)N1C(NCc2ccc(F)cc2)=NC(c2ccccc2)C1c1ccccc1. The molecule has 29 heavy (non-hydrogen) atoms. The number of hydrogen-bond donors (Lipinski definition) is 2. The van der Waals surface area contributed by atoms with Gasteiger partial charge in [0.2, 0.25) is 5.96 Å². The molecule has 1 aliphatic heterocycles. The second-order valence-corrected chi connectivity index (χ2v) is 6.80. The fraction of sp³-hybridized carbons (Fsp3) is 0.130. The molecule has 0 saturated heterocycles. The van der Waals surface area contributed by atoms with Crippen molar-refractivity contribution >= 4 is 12.1 Å². The first-order chi connectivity index (χ1) is 14.1. The average Bonchev–Trinajstić information content (AvgIpc) is 3.14. The molecule has 0 radical (unpaired) electrons. The fourth-order valence-electron chi connectivity index (χ4n) is 3.55. The van der Waals surface area contributed by atoms with Gasteiger partial charge < -0.3 is 10.4 Å². The topological polar surface area (TPSA) is 64.9 Å². The number of nitrogens with zero attached hydrogens (tertiary/aromatic N) is 2. The molecule has 0 fully saturated rings. The van der Waals surface area contributed by atoms with Crippen LogP contribution in [0.4, 0.5) is 9.18 Å². The number of benzene rings is 3. The van der Waals surface area contributed by atoms with Crippen LogP contribution in [0.3, 0.4) is 0 Å². The van der Waals surface area contributed by atoms with Crippen LogP contribution < -0.4 is 5.32 Å². The van der Waals surface area contributed by atoms with Crippen molar-refractivity contribution in [3.8, 4) is 0 Å². The van der Waals surface area contributed by atoms with Crippen molar-refractivity contribution in [2.45, 2.75) is 18.6 Å². The van der Waals surface area contributed by atoms with Crippen LogP contribution in [-0.2, 0) is 6.54 Å². The van der Waals surface area contributed by atoms with Gasteiger partial charge in [0, 0.05) is 6.54 Å². The van der Waals surface area contributed by atoms with Gasteiger partial charge in [-0.3, -0.25) is 0 Å². The maximum absolute atomic E-state index is 13.1. The van der Waals surface area contributed by atoms with Gasteiger partial charge in [0.25, 0.3) is 0 Å². The molecule has 3 aromatic carbocycles. The largest absolute Gasteiger partial charge is 0.465 e. The molecule has 0 aliphatic carbocycles. The lowest BCUT2D eigenvalue weighted by Crippen LogP contribution is -2.43. The van der Waals surface area contributed by atoms with E-state index in [1.807, 2.05) is 60.7 Å². The van der Waals surface area contributed by atoms with E-state index in [-0.39, 0.29) is 17.8 Å². The van der Waals surface area contributed by atoms with Crippen LogP contribution in [0.2, 0.25) is 0 Å². The molecule has 2 unspecified atom stereocenters. The third kappa shape index (κ3) is 3.96. The highest BCUT2D eigenvalue weighted by Crippen LogP contribution is 2.41. The minimum absolute atomic E-state index is 0.282. The molecular weight excluding hydrogens is 369 g/mol. The number of halogens is 1. The summed E-state index contributed by atoms with van der Waals surface area (Å²) in [6.45, 7) is 0.339. The zero-order valence-electron chi connectivity index (χ0n) is 15.6. The van der Waals surface area contributed by atoms with Gasteiger partial charge in [-0.1, -0.05) is 72.8 Å². The van der Waals surface area contributed by atoms with Gasteiger partial charge in [-0.2, -0.15) is 0 Å². The molecule has 4 rings (SSSR count). The maximum Gasteiger partial charge on any atom is 0.414 e. The summed E-state index contributed by atoms with van der Waals surface area (Å²) < 4.78 is 13.1. The van der Waals surface area contributed by atoms with Crippen molar-refractivity contribution in [3.63, 3.8) is 0 Å². The molecule has 1 amide bonds. The molecule has 2 N–H and O–H groups in total. The second kappa shape index (κ2) is 8.14. The molecule has 0 aromatic heterocycles. The third-order valence-corrected chi connectivity index (χ3v) is 4.92. The fourth-order valence-corrected chi connectivity index (χ4v) is 3.55. The monoisotopic (exact) mass is 389 g/mol. The van der Waals surface area contributed by atoms with Crippen molar-refractivity contribution in [1.29, 1.82) is 0 Å². The van der Waals surface area contributed by atoms with Crippen molar-refractivity contribution in [1.82, 2.24) is 10.2 Å². The highest BCUT2D eigenvalue weighted by atomic mass is 19.1. The van der Waals surface area contributed by atoms with Crippen LogP contribution in [0.25, 0.3) is 0 Å². The third-order valence-electron chi connectivity index (χ3n) is 4.92. The summed E-state index contributed by atoms with van der Waals surface area (Å²) in [5.74, 6) is -0.0306. The molecule has 5 nitrogen and oxygen atoms in total. The van der Waals surface area contributed by atoms with Crippen LogP contribution in [-0.4, -0.2) is 22.1 Å². The van der Waals surface area contributed by atoms with Crippen LogP contribution in [0.5, 0.6) is 0 Å². The molecule has 1 heterocycles. The standard InChI is InChI=1S/C23H20FN3O2/c24-19-13-11-16(12-14-19)15-25-22-26-20(17-7-3-1-4-8-17)21(27(22)23(28)29)18-9-5-2-6-10-18/h1-14,20-21H,15H2,(H,25,26)(H,28,29). The minimum Gasteiger partial charge on any atom is -0.465 e. The van der Waals surface area contributed by atoms with Gasteiger partial charge >= 0.3 is 6.09 Å². The van der Waals surface area contributed by atoms with Crippen LogP contribution in [0.15, 0.2) is 89.9 Å². The Bertz CT molecular complexity index is 1010. The summed E-state index contributed by atoms with van der Waals surface area (Å²) in [6, 6.07) is 24.4. The van der Waals surface area contributed by atoms with E-state index in [0.717, 1.165) is 16.7 Å². The van der Waals surface area contributed by atoms with Crippen molar-refractivity contribution in [3.05, 3.63) is 107 Å². The van der Waals surface area contributed by atoms with Gasteiger partial charge in [0.15, 0.2) is 0 Å². The molecule has 3 aromatic rings. The number of carboxylic acid groups (broad SMARTS) is 1. The van der Waals surface area contributed by atoms with Gasteiger partial charge in [0.05, 0.1) is 6.04 Å². The molecule has 0 saturated carbocycles. The van der Waals surface area contributed by atoms with E-state index in [2.05, 4.69) is 5.32 Å². The van der Waals surface area contributed by atoms with Crippen molar-refractivity contribution in [2.24, 2.45) is 4.99 Å². The molecule has 1 aliphatic rings. The smallest absolute Gasteiger partial charge is 0.414 e. The lowest BCUT2D eigenvalue weighted by Gasteiger charge is -2.27. The van der Waals surface area contributed by atoms with Gasteiger partial charge in [0.1, 0.15) is 11.9 Å². The van der Waals surface area contributed by atoms with Crippen LogP contribution >= 0.6 is 0 Å². The number of carbonyl (C=O) groups is 1. The summed E-state index contributed by atoms with van der Waals surface area (Å²) >= 11 is 0. The number of aliphatic imine (C=N–C) groups is 1. The van der Waals surface area contributed by atoms with Gasteiger partial charge in [-0.05, 0) is 28.8 Å². The zero-order valence-corrected chi connectivity index (χ0v) is 15.6. The van der Waals surface area contributed by atoms with Crippen LogP contribution in [0, 0.1) is 5.82 Å². The Hall–Kier alpha value is -3.67. The Morgan fingerprint density at radius 2 is 1.52 bits per heavy atom. The van der Waals surface area contributed by atoms with E-state index >= 15 is 0 Å². The van der Waals surface area contributed by atoms with Crippen molar-refractivity contribution in [2.75, 3.05) is 0 Å². The Balaban J connectivity index is 1.68. The first-order valence-electron chi connectivity index (χ1n) is 9.31. The number of rotatable bonds is 4. The van der Waals surface area contributed by atoms with E-state index in [0.29, 0.717) is 6.54 Å². The molecule has 2 atom stereocenters. The predicted octanol–water partition coefficient (Wildman–Crippen LogP) is 4.75. The highest BCUT2D eigenvalue weighted by Gasteiger charge is 2.41. The van der Waals surface area contributed by atoms with Gasteiger partial charge in [-0.15, -0.1) is 0 Å².